The van der Waals surface area contributed by atoms with Crippen molar-refractivity contribution in [2.24, 2.45) is 0 Å². The van der Waals surface area contributed by atoms with E-state index in [1.807, 2.05) is 0 Å². The van der Waals surface area contributed by atoms with Crippen molar-refractivity contribution in [3.63, 3.8) is 0 Å². The molecule has 0 aromatic heterocycles. The highest BCUT2D eigenvalue weighted by atomic mass is 32.2. The third kappa shape index (κ3) is 8.71. The summed E-state index contributed by atoms with van der Waals surface area (Å²) in [4.78, 5) is 50.9. The van der Waals surface area contributed by atoms with Crippen molar-refractivity contribution in [1.29, 1.82) is 0 Å². The monoisotopic (exact) mass is 626 g/mol. The molecule has 4 rings (SSSR count). The number of carbonyl (C=O) groups excluding carboxylic acids is 3. The van der Waals surface area contributed by atoms with Crippen LogP contribution in [-0.2, 0) is 9.59 Å². The van der Waals surface area contributed by atoms with E-state index in [0.29, 0.717) is 28.4 Å². The molecule has 0 aliphatic heterocycles. The molecule has 0 radical (unpaired) electrons. The lowest BCUT2D eigenvalue weighted by Crippen LogP contribution is -2.30. The molecule has 3 amide bonds. The second-order valence-electron chi connectivity index (χ2n) is 9.49. The van der Waals surface area contributed by atoms with Gasteiger partial charge in [0.15, 0.2) is 0 Å². The second-order valence-corrected chi connectivity index (χ2v) is 10.9. The highest BCUT2D eigenvalue weighted by molar-refractivity contribution is 8.00. The van der Waals surface area contributed by atoms with Crippen LogP contribution in [-0.4, -0.2) is 42.1 Å². The lowest BCUT2D eigenvalue weighted by atomic mass is 10.1. The molecule has 0 saturated carbocycles. The molecule has 0 spiro atoms. The van der Waals surface area contributed by atoms with E-state index in [1.54, 1.807) is 92.9 Å². The summed E-state index contributed by atoms with van der Waals surface area (Å²) in [5.74, 6) is -0.405. The maximum atomic E-state index is 13.3. The molecule has 3 N–H and O–H groups in total. The van der Waals surface area contributed by atoms with Crippen molar-refractivity contribution in [2.75, 3.05) is 24.9 Å². The smallest absolute Gasteiger partial charge is 0.276 e. The first-order valence-electron chi connectivity index (χ1n) is 13.6. The minimum atomic E-state index is -0.681. The molecule has 11 nitrogen and oxygen atoms in total. The summed E-state index contributed by atoms with van der Waals surface area (Å²) in [6.07, 6.45) is 1.26. The summed E-state index contributed by atoms with van der Waals surface area (Å²) < 4.78 is 10.5. The number of para-hydroxylation sites is 1. The van der Waals surface area contributed by atoms with Gasteiger partial charge in [0.2, 0.25) is 5.91 Å². The van der Waals surface area contributed by atoms with Crippen LogP contribution in [0, 0.1) is 10.1 Å². The predicted octanol–water partition coefficient (Wildman–Crippen LogP) is 6.14. The van der Waals surface area contributed by atoms with Crippen LogP contribution in [0.2, 0.25) is 0 Å². The molecule has 1 atom stereocenters. The van der Waals surface area contributed by atoms with Gasteiger partial charge in [0.25, 0.3) is 17.5 Å². The molecular weight excluding hydrogens is 596 g/mol. The van der Waals surface area contributed by atoms with E-state index in [1.165, 1.54) is 43.1 Å². The second kappa shape index (κ2) is 15.2. The fourth-order valence-corrected chi connectivity index (χ4v) is 4.95. The van der Waals surface area contributed by atoms with Gasteiger partial charge in [0, 0.05) is 28.3 Å². The molecule has 1 unspecified atom stereocenters. The van der Waals surface area contributed by atoms with Crippen LogP contribution >= 0.6 is 11.8 Å². The van der Waals surface area contributed by atoms with Crippen molar-refractivity contribution in [2.45, 2.75) is 17.1 Å². The first kappa shape index (κ1) is 32.3. The zero-order chi connectivity index (χ0) is 32.3. The van der Waals surface area contributed by atoms with Crippen molar-refractivity contribution in [3.05, 3.63) is 124 Å². The zero-order valence-corrected chi connectivity index (χ0v) is 25.4. The normalized spacial score (nSPS) is 11.6. The first-order valence-corrected chi connectivity index (χ1v) is 14.5. The van der Waals surface area contributed by atoms with Gasteiger partial charge in [-0.25, -0.2) is 0 Å². The quantitative estimate of drug-likeness (QED) is 0.0735. The Morgan fingerprint density at radius 3 is 2.22 bits per heavy atom. The average molecular weight is 627 g/mol. The molecule has 4 aromatic rings. The van der Waals surface area contributed by atoms with Crippen LogP contribution in [0.15, 0.2) is 108 Å². The molecule has 0 aliphatic carbocycles. The van der Waals surface area contributed by atoms with Gasteiger partial charge in [0.1, 0.15) is 17.2 Å². The Kier molecular flexibility index (Phi) is 10.9. The molecule has 45 heavy (non-hydrogen) atoms. The minimum absolute atomic E-state index is 0.146. The molecule has 0 aliphatic rings. The summed E-state index contributed by atoms with van der Waals surface area (Å²) in [5, 5.41) is 19.2. The highest BCUT2D eigenvalue weighted by Gasteiger charge is 2.20. The molecular formula is C33H30N4O7S. The topological polar surface area (TPSA) is 149 Å². The van der Waals surface area contributed by atoms with Gasteiger partial charge in [0.05, 0.1) is 35.6 Å². The number of anilines is 2. The van der Waals surface area contributed by atoms with Crippen LogP contribution in [0.3, 0.4) is 0 Å². The molecule has 230 valence electrons. The van der Waals surface area contributed by atoms with Crippen molar-refractivity contribution in [3.8, 4) is 11.5 Å². The van der Waals surface area contributed by atoms with E-state index >= 15 is 0 Å². The number of hydrogen-bond donors (Lipinski definition) is 3. The number of nitrogens with one attached hydrogen (secondary N) is 3. The third-order valence-electron chi connectivity index (χ3n) is 6.42. The third-order valence-corrected chi connectivity index (χ3v) is 7.53. The van der Waals surface area contributed by atoms with Crippen molar-refractivity contribution in [1.82, 2.24) is 5.32 Å². The van der Waals surface area contributed by atoms with E-state index in [-0.39, 0.29) is 22.9 Å². The van der Waals surface area contributed by atoms with Gasteiger partial charge in [-0.2, -0.15) is 0 Å². The summed E-state index contributed by atoms with van der Waals surface area (Å²) in [6.45, 7) is 1.76. The number of nitro benzene ring substituents is 1. The Labute approximate surface area is 263 Å². The van der Waals surface area contributed by atoms with Gasteiger partial charge in [-0.15, -0.1) is 11.8 Å². The molecule has 0 bridgehead atoms. The Bertz CT molecular complexity index is 1730. The van der Waals surface area contributed by atoms with Crippen LogP contribution < -0.4 is 25.4 Å². The van der Waals surface area contributed by atoms with E-state index in [2.05, 4.69) is 16.0 Å². The lowest BCUT2D eigenvalue weighted by Gasteiger charge is -2.15. The number of carbonyl (C=O) groups is 3. The number of thioether (sulfide) groups is 1. The largest absolute Gasteiger partial charge is 0.497 e. The van der Waals surface area contributed by atoms with Gasteiger partial charge >= 0.3 is 0 Å². The maximum Gasteiger partial charge on any atom is 0.276 e. The van der Waals surface area contributed by atoms with Gasteiger partial charge in [-0.05, 0) is 67.6 Å². The summed E-state index contributed by atoms with van der Waals surface area (Å²) in [7, 11) is 3.05. The van der Waals surface area contributed by atoms with Gasteiger partial charge in [-0.1, -0.05) is 30.3 Å². The van der Waals surface area contributed by atoms with Crippen molar-refractivity contribution < 1.29 is 28.8 Å². The predicted molar refractivity (Wildman–Crippen MR) is 174 cm³/mol. The summed E-state index contributed by atoms with van der Waals surface area (Å²) in [5.41, 5.74) is 0.971. The zero-order valence-electron chi connectivity index (χ0n) is 24.6. The van der Waals surface area contributed by atoms with E-state index in [0.717, 1.165) is 4.90 Å². The Balaban J connectivity index is 1.46. The van der Waals surface area contributed by atoms with E-state index in [4.69, 9.17) is 9.47 Å². The average Bonchev–Trinajstić information content (AvgIpc) is 3.05. The Hall–Kier alpha value is -5.62. The molecule has 0 heterocycles. The Morgan fingerprint density at radius 1 is 0.867 bits per heavy atom. The number of benzene rings is 4. The van der Waals surface area contributed by atoms with E-state index < -0.39 is 22.0 Å². The van der Waals surface area contributed by atoms with Crippen molar-refractivity contribution >= 4 is 52.6 Å². The number of nitro groups is 1. The number of methoxy groups -OCH3 is 2. The standard InChI is InChI=1S/C33H30N4O7S/c1-21(31(38)35-27-18-15-25(43-2)20-30(27)44-3)45-26-16-13-24(14-17-26)34-33(40)28(36-32(39)22-9-5-4-6-10-22)19-23-11-7-8-12-29(23)37(41)42/h4-21H,1-3H3,(H,34,40)(H,35,38)(H,36,39)/b28-19-. The Morgan fingerprint density at radius 2 is 1.56 bits per heavy atom. The van der Waals surface area contributed by atoms with Crippen LogP contribution in [0.25, 0.3) is 6.08 Å². The maximum absolute atomic E-state index is 13.3. The number of hydrogen-bond acceptors (Lipinski definition) is 8. The SMILES string of the molecule is COc1ccc(NC(=O)C(C)Sc2ccc(NC(=O)/C(=C/c3ccccc3[N+](=O)[O-])NC(=O)c3ccccc3)cc2)c(OC)c1. The molecule has 0 saturated heterocycles. The number of ether oxygens (including phenoxy) is 2. The number of rotatable bonds is 12. The minimum Gasteiger partial charge on any atom is -0.497 e. The molecule has 0 fully saturated rings. The van der Waals surface area contributed by atoms with E-state index in [9.17, 15) is 24.5 Å². The first-order chi connectivity index (χ1) is 21.7. The lowest BCUT2D eigenvalue weighted by molar-refractivity contribution is -0.385. The van der Waals surface area contributed by atoms with Gasteiger partial charge < -0.3 is 25.4 Å². The van der Waals surface area contributed by atoms with Crippen LogP contribution in [0.5, 0.6) is 11.5 Å². The van der Waals surface area contributed by atoms with Crippen LogP contribution in [0.1, 0.15) is 22.8 Å². The highest BCUT2D eigenvalue weighted by Crippen LogP contribution is 2.31. The number of nitrogens with zero attached hydrogens (tertiary/aromatic N) is 1. The summed E-state index contributed by atoms with van der Waals surface area (Å²) in [6, 6.07) is 26.1. The van der Waals surface area contributed by atoms with Gasteiger partial charge in [-0.3, -0.25) is 24.5 Å². The fraction of sp³-hybridized carbons (Fsp3) is 0.121. The molecule has 12 heteroatoms. The van der Waals surface area contributed by atoms with Crippen LogP contribution in [0.4, 0.5) is 17.1 Å². The molecule has 4 aromatic carbocycles. The number of amides is 3. The summed E-state index contributed by atoms with van der Waals surface area (Å²) >= 11 is 1.32. The fourth-order valence-electron chi connectivity index (χ4n) is 4.08.